The zero-order valence-corrected chi connectivity index (χ0v) is 14.2. The quantitative estimate of drug-likeness (QED) is 0.439. The van der Waals surface area contributed by atoms with Crippen molar-refractivity contribution in [3.05, 3.63) is 90.5 Å². The van der Waals surface area contributed by atoms with Gasteiger partial charge in [-0.15, -0.1) is 0 Å². The van der Waals surface area contributed by atoms with Crippen molar-refractivity contribution in [3.63, 3.8) is 0 Å². The van der Waals surface area contributed by atoms with E-state index >= 15 is 0 Å². The third kappa shape index (κ3) is 3.49. The Hall–Kier alpha value is -3.34. The van der Waals surface area contributed by atoms with Gasteiger partial charge in [-0.3, -0.25) is 0 Å². The minimum absolute atomic E-state index is 0.0142. The molecule has 0 aliphatic carbocycles. The van der Waals surface area contributed by atoms with Crippen LogP contribution in [0, 0.1) is 0 Å². The lowest BCUT2D eigenvalue weighted by Crippen LogP contribution is -2.08. The summed E-state index contributed by atoms with van der Waals surface area (Å²) in [5, 5.41) is 3.73. The third-order valence-electron chi connectivity index (χ3n) is 4.29. The Labute approximate surface area is 154 Å². The number of alkyl halides is 3. The van der Waals surface area contributed by atoms with Gasteiger partial charge in [-0.2, -0.15) is 13.2 Å². The van der Waals surface area contributed by atoms with Gasteiger partial charge < -0.3 is 5.32 Å². The lowest BCUT2D eigenvalue weighted by Gasteiger charge is -2.16. The maximum Gasteiger partial charge on any atom is 0.418 e. The van der Waals surface area contributed by atoms with E-state index in [2.05, 4.69) is 10.3 Å². The Morgan fingerprint density at radius 2 is 1.37 bits per heavy atom. The van der Waals surface area contributed by atoms with E-state index in [9.17, 15) is 13.2 Å². The molecular formula is C22H15F3N2. The van der Waals surface area contributed by atoms with Gasteiger partial charge in [0.1, 0.15) is 0 Å². The summed E-state index contributed by atoms with van der Waals surface area (Å²) in [6.45, 7) is 0. The Morgan fingerprint density at radius 1 is 0.704 bits per heavy atom. The van der Waals surface area contributed by atoms with Crippen LogP contribution in [0.2, 0.25) is 0 Å². The summed E-state index contributed by atoms with van der Waals surface area (Å²) in [6, 6.07) is 24.2. The normalized spacial score (nSPS) is 11.5. The van der Waals surface area contributed by atoms with Crippen LogP contribution in [0.5, 0.6) is 0 Å². The van der Waals surface area contributed by atoms with Crippen LogP contribution in [0.15, 0.2) is 84.9 Å². The molecule has 0 bridgehead atoms. The average molecular weight is 364 g/mol. The fraction of sp³-hybridized carbons (Fsp3) is 0.0455. The number of fused-ring (bicyclic) bond motifs is 1. The van der Waals surface area contributed by atoms with Crippen LogP contribution < -0.4 is 5.32 Å². The monoisotopic (exact) mass is 364 g/mol. The lowest BCUT2D eigenvalue weighted by molar-refractivity contribution is -0.136. The maximum absolute atomic E-state index is 13.4. The van der Waals surface area contributed by atoms with Gasteiger partial charge in [0.15, 0.2) is 0 Å². The second kappa shape index (κ2) is 6.76. The Morgan fingerprint density at radius 3 is 2.15 bits per heavy atom. The zero-order chi connectivity index (χ0) is 18.9. The fourth-order valence-electron chi connectivity index (χ4n) is 3.02. The van der Waals surface area contributed by atoms with Crippen molar-refractivity contribution in [2.75, 3.05) is 5.32 Å². The number of aromatic nitrogens is 1. The highest BCUT2D eigenvalue weighted by atomic mass is 19.4. The number of benzene rings is 3. The van der Waals surface area contributed by atoms with Gasteiger partial charge >= 0.3 is 6.18 Å². The molecule has 2 nitrogen and oxygen atoms in total. The third-order valence-corrected chi connectivity index (χ3v) is 4.29. The summed E-state index contributed by atoms with van der Waals surface area (Å²) < 4.78 is 40.1. The molecule has 4 rings (SSSR count). The predicted octanol–water partition coefficient (Wildman–Crippen LogP) is 6.66. The summed E-state index contributed by atoms with van der Waals surface area (Å²) in [4.78, 5) is 4.66. The fourth-order valence-corrected chi connectivity index (χ4v) is 3.02. The van der Waals surface area contributed by atoms with E-state index in [1.54, 1.807) is 12.1 Å². The van der Waals surface area contributed by atoms with Gasteiger partial charge in [0.05, 0.1) is 28.1 Å². The van der Waals surface area contributed by atoms with E-state index in [0.29, 0.717) is 16.9 Å². The molecule has 5 heteroatoms. The van der Waals surface area contributed by atoms with Crippen LogP contribution in [0.3, 0.4) is 0 Å². The Balaban J connectivity index is 1.87. The molecule has 0 saturated heterocycles. The molecule has 3 aromatic carbocycles. The molecular weight excluding hydrogens is 349 g/mol. The minimum Gasteiger partial charge on any atom is -0.354 e. The van der Waals surface area contributed by atoms with Gasteiger partial charge in [-0.25, -0.2) is 4.98 Å². The van der Waals surface area contributed by atoms with Crippen molar-refractivity contribution < 1.29 is 13.2 Å². The second-order valence-electron chi connectivity index (χ2n) is 6.11. The summed E-state index contributed by atoms with van der Waals surface area (Å²) in [5.74, 6) is 0. The predicted molar refractivity (Wildman–Crippen MR) is 102 cm³/mol. The molecule has 1 N–H and O–H groups in total. The summed E-state index contributed by atoms with van der Waals surface area (Å²) >= 11 is 0. The zero-order valence-electron chi connectivity index (χ0n) is 14.2. The SMILES string of the molecule is FC(F)(F)c1ccccc1Nc1cc(-c2ccccc2)nc2ccccc12. The average Bonchev–Trinajstić information content (AvgIpc) is 2.68. The number of rotatable bonds is 3. The van der Waals surface area contributed by atoms with Crippen molar-refractivity contribution >= 4 is 22.3 Å². The molecule has 0 amide bonds. The van der Waals surface area contributed by atoms with Crippen molar-refractivity contribution in [2.24, 2.45) is 0 Å². The molecule has 0 unspecified atom stereocenters. The highest BCUT2D eigenvalue weighted by molar-refractivity contribution is 5.95. The largest absolute Gasteiger partial charge is 0.418 e. The molecule has 27 heavy (non-hydrogen) atoms. The second-order valence-corrected chi connectivity index (χ2v) is 6.11. The highest BCUT2D eigenvalue weighted by Crippen LogP contribution is 2.37. The number of pyridine rings is 1. The van der Waals surface area contributed by atoms with E-state index in [4.69, 9.17) is 0 Å². The molecule has 4 aromatic rings. The van der Waals surface area contributed by atoms with Crippen LogP contribution >= 0.6 is 0 Å². The van der Waals surface area contributed by atoms with Crippen molar-refractivity contribution in [1.82, 2.24) is 4.98 Å². The summed E-state index contributed by atoms with van der Waals surface area (Å²) in [7, 11) is 0. The number of nitrogens with zero attached hydrogens (tertiary/aromatic N) is 1. The van der Waals surface area contributed by atoms with Crippen molar-refractivity contribution in [1.29, 1.82) is 0 Å². The summed E-state index contributed by atoms with van der Waals surface area (Å²) in [6.07, 6.45) is -4.44. The maximum atomic E-state index is 13.4. The molecule has 0 radical (unpaired) electrons. The van der Waals surface area contributed by atoms with Crippen molar-refractivity contribution in [3.8, 4) is 11.3 Å². The van der Waals surface area contributed by atoms with Crippen LogP contribution in [-0.4, -0.2) is 4.98 Å². The van der Waals surface area contributed by atoms with Crippen LogP contribution in [0.25, 0.3) is 22.2 Å². The first-order valence-corrected chi connectivity index (χ1v) is 8.41. The van der Waals surface area contributed by atoms with Gasteiger partial charge in [0.2, 0.25) is 0 Å². The van der Waals surface area contributed by atoms with Crippen LogP contribution in [0.4, 0.5) is 24.5 Å². The lowest BCUT2D eigenvalue weighted by atomic mass is 10.1. The molecule has 0 aliphatic rings. The standard InChI is InChI=1S/C22H15F3N2/c23-22(24,25)17-11-5-7-13-19(17)27-21-14-20(15-8-2-1-3-9-15)26-18-12-6-4-10-16(18)21/h1-14H,(H,26,27). The molecule has 1 aromatic heterocycles. The molecule has 0 aliphatic heterocycles. The smallest absolute Gasteiger partial charge is 0.354 e. The Kier molecular flexibility index (Phi) is 4.28. The number of para-hydroxylation sites is 2. The Bertz CT molecular complexity index is 1090. The van der Waals surface area contributed by atoms with E-state index in [0.717, 1.165) is 17.0 Å². The highest BCUT2D eigenvalue weighted by Gasteiger charge is 2.33. The molecule has 0 fully saturated rings. The van der Waals surface area contributed by atoms with Crippen LogP contribution in [0.1, 0.15) is 5.56 Å². The minimum atomic E-state index is -4.44. The number of hydrogen-bond acceptors (Lipinski definition) is 2. The first kappa shape index (κ1) is 17.1. The number of anilines is 2. The van der Waals surface area contributed by atoms with E-state index in [1.807, 2.05) is 54.6 Å². The molecule has 0 atom stereocenters. The van der Waals surface area contributed by atoms with Gasteiger partial charge in [0.25, 0.3) is 0 Å². The topological polar surface area (TPSA) is 24.9 Å². The number of hydrogen-bond donors (Lipinski definition) is 1. The number of halogens is 3. The molecule has 134 valence electrons. The van der Waals surface area contributed by atoms with Gasteiger partial charge in [-0.1, -0.05) is 60.7 Å². The van der Waals surface area contributed by atoms with Gasteiger partial charge in [-0.05, 0) is 24.3 Å². The summed E-state index contributed by atoms with van der Waals surface area (Å²) in [5.41, 5.74) is 2.20. The van der Waals surface area contributed by atoms with Crippen LogP contribution in [-0.2, 0) is 6.18 Å². The van der Waals surface area contributed by atoms with E-state index < -0.39 is 11.7 Å². The van der Waals surface area contributed by atoms with Crippen molar-refractivity contribution in [2.45, 2.75) is 6.18 Å². The van der Waals surface area contributed by atoms with E-state index in [-0.39, 0.29) is 5.69 Å². The number of nitrogens with one attached hydrogen (secondary N) is 1. The molecule has 0 saturated carbocycles. The van der Waals surface area contributed by atoms with E-state index in [1.165, 1.54) is 12.1 Å². The van der Waals surface area contributed by atoms with Gasteiger partial charge in [0, 0.05) is 10.9 Å². The molecule has 1 heterocycles. The first-order valence-electron chi connectivity index (χ1n) is 8.41. The molecule has 0 spiro atoms. The first-order chi connectivity index (χ1) is 13.0.